The summed E-state index contributed by atoms with van der Waals surface area (Å²) in [6.45, 7) is 4.08. The fourth-order valence-corrected chi connectivity index (χ4v) is 5.01. The van der Waals surface area contributed by atoms with Crippen LogP contribution in [0.3, 0.4) is 0 Å². The largest absolute Gasteiger partial charge is 0.506 e. The second-order valence-electron chi connectivity index (χ2n) is 8.12. The number of hydrogen-bond donors (Lipinski definition) is 2. The first-order valence-corrected chi connectivity index (χ1v) is 11.1. The first-order chi connectivity index (χ1) is 16.0. The standard InChI is InChI=1S/C26H23FN4OS/c1-16-15-20(17(2)30(16)19-12-10-18(27)11-13-19)25-24(21-7-5-6-14-28-21)29-26(33)31(25)22-8-3-4-9-23(22)32/h3-15,24-25,32H,1-2H3,(H,29,33). The summed E-state index contributed by atoms with van der Waals surface area (Å²) in [6.07, 6.45) is 1.77. The molecule has 0 radical (unpaired) electrons. The molecule has 33 heavy (non-hydrogen) atoms. The first kappa shape index (κ1) is 21.2. The van der Waals surface area contributed by atoms with Crippen LogP contribution in [-0.2, 0) is 0 Å². The monoisotopic (exact) mass is 458 g/mol. The number of pyridine rings is 1. The molecule has 1 aliphatic rings. The molecular weight excluding hydrogens is 435 g/mol. The van der Waals surface area contributed by atoms with E-state index in [4.69, 9.17) is 12.2 Å². The molecule has 1 aliphatic heterocycles. The van der Waals surface area contributed by atoms with Crippen molar-refractivity contribution in [2.45, 2.75) is 25.9 Å². The molecule has 0 amide bonds. The summed E-state index contributed by atoms with van der Waals surface area (Å²) in [5, 5.41) is 14.6. The maximum Gasteiger partial charge on any atom is 0.174 e. The van der Waals surface area contributed by atoms with E-state index < -0.39 is 0 Å². The highest BCUT2D eigenvalue weighted by Crippen LogP contribution is 2.45. The Labute approximate surface area is 197 Å². The van der Waals surface area contributed by atoms with Crippen LogP contribution in [0.5, 0.6) is 5.75 Å². The van der Waals surface area contributed by atoms with Gasteiger partial charge >= 0.3 is 0 Å². The summed E-state index contributed by atoms with van der Waals surface area (Å²) in [5.74, 6) is -0.117. The van der Waals surface area contributed by atoms with Crippen molar-refractivity contribution in [3.63, 3.8) is 0 Å². The predicted octanol–water partition coefficient (Wildman–Crippen LogP) is 5.51. The number of hydrogen-bond acceptors (Lipinski definition) is 3. The Hall–Kier alpha value is -3.71. The van der Waals surface area contributed by atoms with Crippen molar-refractivity contribution >= 4 is 23.0 Å². The van der Waals surface area contributed by atoms with E-state index in [-0.39, 0.29) is 23.7 Å². The van der Waals surface area contributed by atoms with Gasteiger partial charge in [0.25, 0.3) is 0 Å². The molecule has 4 aromatic rings. The van der Waals surface area contributed by atoms with Gasteiger partial charge in [-0.05, 0) is 86.2 Å². The number of para-hydroxylation sites is 2. The molecule has 2 aromatic carbocycles. The van der Waals surface area contributed by atoms with E-state index in [9.17, 15) is 9.50 Å². The number of phenolic OH excluding ortho intramolecular Hbond substituents is 1. The fourth-order valence-electron chi connectivity index (χ4n) is 4.67. The average Bonchev–Trinajstić information content (AvgIpc) is 3.31. The number of nitrogens with one attached hydrogen (secondary N) is 1. The lowest BCUT2D eigenvalue weighted by molar-refractivity contribution is 0.472. The number of thiocarbonyl (C=S) groups is 1. The zero-order valence-corrected chi connectivity index (χ0v) is 19.1. The molecule has 3 heterocycles. The maximum atomic E-state index is 13.5. The van der Waals surface area contributed by atoms with Crippen LogP contribution in [-0.4, -0.2) is 19.8 Å². The van der Waals surface area contributed by atoms with Crippen molar-refractivity contribution in [1.29, 1.82) is 0 Å². The lowest BCUT2D eigenvalue weighted by Gasteiger charge is -2.28. The Morgan fingerprint density at radius 3 is 2.42 bits per heavy atom. The third-order valence-electron chi connectivity index (χ3n) is 6.11. The van der Waals surface area contributed by atoms with Gasteiger partial charge in [0.15, 0.2) is 5.11 Å². The summed E-state index contributed by atoms with van der Waals surface area (Å²) in [7, 11) is 0. The minimum Gasteiger partial charge on any atom is -0.506 e. The van der Waals surface area contributed by atoms with Crippen LogP contribution in [0.1, 0.15) is 34.7 Å². The number of aromatic hydroxyl groups is 1. The Bertz CT molecular complexity index is 1320. The molecule has 166 valence electrons. The van der Waals surface area contributed by atoms with Crippen molar-refractivity contribution in [3.05, 3.63) is 107 Å². The van der Waals surface area contributed by atoms with Crippen molar-refractivity contribution in [2.75, 3.05) is 4.90 Å². The van der Waals surface area contributed by atoms with Crippen molar-refractivity contribution in [3.8, 4) is 11.4 Å². The fraction of sp³-hybridized carbons (Fsp3) is 0.154. The smallest absolute Gasteiger partial charge is 0.174 e. The van der Waals surface area contributed by atoms with Crippen LogP contribution in [0.2, 0.25) is 0 Å². The maximum absolute atomic E-state index is 13.5. The molecule has 2 N–H and O–H groups in total. The highest BCUT2D eigenvalue weighted by Gasteiger charge is 2.43. The summed E-state index contributed by atoms with van der Waals surface area (Å²) in [5.41, 5.74) is 5.44. The summed E-state index contributed by atoms with van der Waals surface area (Å²) < 4.78 is 15.6. The number of aromatic nitrogens is 2. The van der Waals surface area contributed by atoms with Gasteiger partial charge < -0.3 is 19.9 Å². The number of nitrogens with zero attached hydrogens (tertiary/aromatic N) is 3. The molecular formula is C26H23FN4OS. The summed E-state index contributed by atoms with van der Waals surface area (Å²) in [6, 6.07) is 21.1. The van der Waals surface area contributed by atoms with E-state index in [0.717, 1.165) is 28.3 Å². The third-order valence-corrected chi connectivity index (χ3v) is 6.43. The third kappa shape index (κ3) is 3.64. The van der Waals surface area contributed by atoms with Gasteiger partial charge in [-0.25, -0.2) is 4.39 Å². The molecule has 0 bridgehead atoms. The molecule has 0 spiro atoms. The van der Waals surface area contributed by atoms with Crippen molar-refractivity contribution in [1.82, 2.24) is 14.9 Å². The average molecular weight is 459 g/mol. The number of rotatable bonds is 4. The predicted molar refractivity (Wildman–Crippen MR) is 131 cm³/mol. The van der Waals surface area contributed by atoms with Crippen molar-refractivity contribution < 1.29 is 9.50 Å². The molecule has 1 saturated heterocycles. The van der Waals surface area contributed by atoms with Gasteiger partial charge in [-0.2, -0.15) is 0 Å². The van der Waals surface area contributed by atoms with Crippen molar-refractivity contribution in [2.24, 2.45) is 0 Å². The second kappa shape index (κ2) is 8.33. The van der Waals surface area contributed by atoms with Crippen LogP contribution >= 0.6 is 12.2 Å². The topological polar surface area (TPSA) is 53.3 Å². The summed E-state index contributed by atoms with van der Waals surface area (Å²) >= 11 is 5.75. The van der Waals surface area contributed by atoms with Gasteiger partial charge in [0, 0.05) is 23.3 Å². The SMILES string of the molecule is Cc1cc(C2C(c3ccccn3)NC(=S)N2c2ccccc2O)c(C)n1-c1ccc(F)cc1. The number of anilines is 1. The Morgan fingerprint density at radius 2 is 1.73 bits per heavy atom. The van der Waals surface area contributed by atoms with E-state index in [2.05, 4.69) is 20.9 Å². The number of phenols is 1. The zero-order chi connectivity index (χ0) is 23.1. The van der Waals surface area contributed by atoms with Gasteiger partial charge in [0.2, 0.25) is 0 Å². The first-order valence-electron chi connectivity index (χ1n) is 10.7. The van der Waals surface area contributed by atoms with E-state index in [0.29, 0.717) is 10.8 Å². The molecule has 5 nitrogen and oxygen atoms in total. The van der Waals surface area contributed by atoms with Crippen LogP contribution in [0, 0.1) is 19.7 Å². The van der Waals surface area contributed by atoms with Crippen LogP contribution in [0.15, 0.2) is 79.0 Å². The molecule has 0 saturated carbocycles. The highest BCUT2D eigenvalue weighted by atomic mass is 32.1. The van der Waals surface area contributed by atoms with Gasteiger partial charge in [-0.15, -0.1) is 0 Å². The lowest BCUT2D eigenvalue weighted by atomic mass is 9.96. The molecule has 7 heteroatoms. The van der Waals surface area contributed by atoms with Crippen LogP contribution in [0.25, 0.3) is 5.69 Å². The van der Waals surface area contributed by atoms with E-state index in [1.807, 2.05) is 49.1 Å². The Balaban J connectivity index is 1.69. The number of aryl methyl sites for hydroxylation is 1. The van der Waals surface area contributed by atoms with Gasteiger partial charge in [0.05, 0.1) is 23.5 Å². The minimum atomic E-state index is -0.271. The quantitative estimate of drug-likeness (QED) is 0.395. The van der Waals surface area contributed by atoms with E-state index in [1.165, 1.54) is 12.1 Å². The summed E-state index contributed by atoms with van der Waals surface area (Å²) in [4.78, 5) is 6.55. The molecule has 5 rings (SSSR count). The molecule has 1 fully saturated rings. The number of halogens is 1. The highest BCUT2D eigenvalue weighted by molar-refractivity contribution is 7.80. The lowest BCUT2D eigenvalue weighted by Crippen LogP contribution is -2.29. The minimum absolute atomic E-state index is 0.153. The van der Waals surface area contributed by atoms with E-state index in [1.54, 1.807) is 30.5 Å². The zero-order valence-electron chi connectivity index (χ0n) is 18.2. The van der Waals surface area contributed by atoms with Crippen LogP contribution < -0.4 is 10.2 Å². The van der Waals surface area contributed by atoms with Gasteiger partial charge in [-0.1, -0.05) is 18.2 Å². The van der Waals surface area contributed by atoms with Gasteiger partial charge in [0.1, 0.15) is 11.6 Å². The van der Waals surface area contributed by atoms with Crippen LogP contribution in [0.4, 0.5) is 10.1 Å². The van der Waals surface area contributed by atoms with Gasteiger partial charge in [-0.3, -0.25) is 4.98 Å². The Morgan fingerprint density at radius 1 is 1.00 bits per heavy atom. The molecule has 2 atom stereocenters. The molecule has 2 unspecified atom stereocenters. The number of benzene rings is 2. The normalized spacial score (nSPS) is 17.9. The Kier molecular flexibility index (Phi) is 5.34. The van der Waals surface area contributed by atoms with E-state index >= 15 is 0 Å². The molecule has 0 aliphatic carbocycles. The second-order valence-corrected chi connectivity index (χ2v) is 8.51. The molecule has 2 aromatic heterocycles.